The van der Waals surface area contributed by atoms with Crippen molar-refractivity contribution >= 4 is 5.96 Å². The molecule has 0 bridgehead atoms. The molecular weight excluding hydrogens is 142 g/mol. The molecule has 2 N–H and O–H groups in total. The van der Waals surface area contributed by atoms with Crippen LogP contribution in [0.1, 0.15) is 6.92 Å². The third kappa shape index (κ3) is 1.71. The second-order valence-electron chi connectivity index (χ2n) is 2.37. The Labute approximate surface area is 66.2 Å². The summed E-state index contributed by atoms with van der Waals surface area (Å²) in [5.41, 5.74) is 0. The average molecular weight is 155 g/mol. The normalized spacial score (nSPS) is 19.5. The predicted molar refractivity (Wildman–Crippen MR) is 44.0 cm³/mol. The van der Waals surface area contributed by atoms with E-state index < -0.39 is 6.23 Å². The molecule has 4 nitrogen and oxygen atoms in total. The van der Waals surface area contributed by atoms with E-state index in [9.17, 15) is 5.11 Å². The average Bonchev–Trinajstić information content (AvgIpc) is 2.04. The summed E-state index contributed by atoms with van der Waals surface area (Å²) in [6.07, 6.45) is 3.13. The molecule has 1 rings (SSSR count). The summed E-state index contributed by atoms with van der Waals surface area (Å²) < 4.78 is 0. The van der Waals surface area contributed by atoms with Gasteiger partial charge in [-0.3, -0.25) is 0 Å². The van der Waals surface area contributed by atoms with E-state index >= 15 is 0 Å². The number of nitrogens with zero attached hydrogens (tertiary/aromatic N) is 2. The van der Waals surface area contributed by atoms with E-state index in [4.69, 9.17) is 0 Å². The molecule has 0 fully saturated rings. The maximum Gasteiger partial charge on any atom is 0.200 e. The highest BCUT2D eigenvalue weighted by atomic mass is 16.3. The zero-order valence-electron chi connectivity index (χ0n) is 6.78. The molecule has 0 aliphatic carbocycles. The van der Waals surface area contributed by atoms with Crippen LogP contribution in [-0.4, -0.2) is 35.8 Å². The maximum absolute atomic E-state index is 9.25. The SMILES string of the molecule is CNC1=NC=CCN1C(C)O. The Morgan fingerprint density at radius 2 is 2.55 bits per heavy atom. The van der Waals surface area contributed by atoms with E-state index in [1.165, 1.54) is 0 Å². The van der Waals surface area contributed by atoms with Crippen molar-refractivity contribution in [2.45, 2.75) is 13.2 Å². The number of nitrogens with one attached hydrogen (secondary N) is 1. The quantitative estimate of drug-likeness (QED) is 0.548. The smallest absolute Gasteiger partial charge is 0.200 e. The van der Waals surface area contributed by atoms with Crippen LogP contribution in [0.4, 0.5) is 0 Å². The van der Waals surface area contributed by atoms with Crippen molar-refractivity contribution < 1.29 is 5.11 Å². The topological polar surface area (TPSA) is 47.9 Å². The van der Waals surface area contributed by atoms with Crippen LogP contribution in [0.25, 0.3) is 0 Å². The van der Waals surface area contributed by atoms with E-state index in [1.54, 1.807) is 25.1 Å². The lowest BCUT2D eigenvalue weighted by Crippen LogP contribution is -2.45. The Morgan fingerprint density at radius 1 is 1.82 bits per heavy atom. The molecule has 1 aliphatic heterocycles. The molecule has 0 amide bonds. The first-order valence-electron chi connectivity index (χ1n) is 3.61. The number of guanidine groups is 1. The second kappa shape index (κ2) is 3.39. The van der Waals surface area contributed by atoms with E-state index in [-0.39, 0.29) is 0 Å². The van der Waals surface area contributed by atoms with Crippen molar-refractivity contribution in [1.29, 1.82) is 0 Å². The minimum absolute atomic E-state index is 0.494. The van der Waals surface area contributed by atoms with Gasteiger partial charge in [0.25, 0.3) is 0 Å². The number of aliphatic hydroxyl groups is 1. The first-order chi connectivity index (χ1) is 5.25. The zero-order chi connectivity index (χ0) is 8.27. The number of aliphatic hydroxyl groups excluding tert-OH is 1. The van der Waals surface area contributed by atoms with Gasteiger partial charge in [-0.2, -0.15) is 0 Å². The van der Waals surface area contributed by atoms with Crippen LogP contribution in [0.15, 0.2) is 17.3 Å². The van der Waals surface area contributed by atoms with Crippen LogP contribution in [0.5, 0.6) is 0 Å². The van der Waals surface area contributed by atoms with Crippen LogP contribution >= 0.6 is 0 Å². The molecule has 0 saturated heterocycles. The van der Waals surface area contributed by atoms with Gasteiger partial charge < -0.3 is 15.3 Å². The van der Waals surface area contributed by atoms with Gasteiger partial charge in [0.05, 0.1) is 0 Å². The van der Waals surface area contributed by atoms with E-state index in [2.05, 4.69) is 10.3 Å². The molecule has 0 spiro atoms. The van der Waals surface area contributed by atoms with Gasteiger partial charge in [-0.05, 0) is 13.0 Å². The number of hydrogen-bond acceptors (Lipinski definition) is 4. The molecule has 1 unspecified atom stereocenters. The van der Waals surface area contributed by atoms with Crippen LogP contribution in [0.3, 0.4) is 0 Å². The minimum atomic E-state index is -0.494. The summed E-state index contributed by atoms with van der Waals surface area (Å²) in [4.78, 5) is 5.81. The molecule has 0 aromatic rings. The van der Waals surface area contributed by atoms with Crippen LogP contribution in [0.2, 0.25) is 0 Å². The molecule has 0 aromatic heterocycles. The lowest BCUT2D eigenvalue weighted by molar-refractivity contribution is 0.0748. The Kier molecular flexibility index (Phi) is 2.48. The summed E-state index contributed by atoms with van der Waals surface area (Å²) in [5.74, 6) is 0.711. The van der Waals surface area contributed by atoms with E-state index in [0.717, 1.165) is 0 Å². The first kappa shape index (κ1) is 8.07. The number of hydrogen-bond donors (Lipinski definition) is 2. The van der Waals surface area contributed by atoms with Crippen molar-refractivity contribution in [2.24, 2.45) is 4.99 Å². The fourth-order valence-corrected chi connectivity index (χ4v) is 0.982. The summed E-state index contributed by atoms with van der Waals surface area (Å²) in [7, 11) is 1.79. The molecule has 1 aliphatic rings. The van der Waals surface area contributed by atoms with Gasteiger partial charge in [0.15, 0.2) is 0 Å². The van der Waals surface area contributed by atoms with Gasteiger partial charge in [0.2, 0.25) is 5.96 Å². The number of rotatable bonds is 1. The highest BCUT2D eigenvalue weighted by Crippen LogP contribution is 2.01. The fourth-order valence-electron chi connectivity index (χ4n) is 0.982. The molecule has 62 valence electrons. The van der Waals surface area contributed by atoms with Crippen molar-refractivity contribution in [3.8, 4) is 0 Å². The highest BCUT2D eigenvalue weighted by molar-refractivity contribution is 5.81. The third-order valence-corrected chi connectivity index (χ3v) is 1.55. The standard InChI is InChI=1S/C7H13N3O/c1-6(11)10-5-3-4-9-7(10)8-2/h3-4,6,11H,5H2,1-2H3,(H,8,9). The Bertz CT molecular complexity index is 186. The van der Waals surface area contributed by atoms with E-state index in [0.29, 0.717) is 12.5 Å². The zero-order valence-corrected chi connectivity index (χ0v) is 6.78. The summed E-state index contributed by atoms with van der Waals surface area (Å²) in [5, 5.41) is 12.1. The van der Waals surface area contributed by atoms with Crippen molar-refractivity contribution in [1.82, 2.24) is 10.2 Å². The summed E-state index contributed by atoms with van der Waals surface area (Å²) in [6.45, 7) is 2.42. The first-order valence-corrected chi connectivity index (χ1v) is 3.61. The van der Waals surface area contributed by atoms with Gasteiger partial charge in [-0.15, -0.1) is 0 Å². The minimum Gasteiger partial charge on any atom is -0.374 e. The van der Waals surface area contributed by atoms with Gasteiger partial charge >= 0.3 is 0 Å². The highest BCUT2D eigenvalue weighted by Gasteiger charge is 2.14. The molecule has 0 saturated carbocycles. The summed E-state index contributed by atoms with van der Waals surface area (Å²) in [6, 6.07) is 0. The van der Waals surface area contributed by atoms with Crippen LogP contribution in [0, 0.1) is 0 Å². The molecule has 0 radical (unpaired) electrons. The monoisotopic (exact) mass is 155 g/mol. The van der Waals surface area contributed by atoms with Crippen molar-refractivity contribution in [2.75, 3.05) is 13.6 Å². The third-order valence-electron chi connectivity index (χ3n) is 1.55. The van der Waals surface area contributed by atoms with Crippen molar-refractivity contribution in [3.63, 3.8) is 0 Å². The largest absolute Gasteiger partial charge is 0.374 e. The maximum atomic E-state index is 9.25. The molecule has 1 atom stereocenters. The molecular formula is C7H13N3O. The molecule has 1 heterocycles. The van der Waals surface area contributed by atoms with Crippen LogP contribution in [-0.2, 0) is 0 Å². The Balaban J connectivity index is 2.67. The van der Waals surface area contributed by atoms with Crippen molar-refractivity contribution in [3.05, 3.63) is 12.3 Å². The fraction of sp³-hybridized carbons (Fsp3) is 0.571. The molecule has 4 heteroatoms. The van der Waals surface area contributed by atoms with E-state index in [1.807, 2.05) is 6.08 Å². The van der Waals surface area contributed by atoms with Gasteiger partial charge in [-0.1, -0.05) is 0 Å². The summed E-state index contributed by atoms with van der Waals surface area (Å²) >= 11 is 0. The Hall–Kier alpha value is -1.03. The second-order valence-corrected chi connectivity index (χ2v) is 2.37. The molecule has 0 aromatic carbocycles. The predicted octanol–water partition coefficient (Wildman–Crippen LogP) is -0.271. The number of aliphatic imine (C=N–C) groups is 1. The van der Waals surface area contributed by atoms with Crippen LogP contribution < -0.4 is 5.32 Å². The Morgan fingerprint density at radius 3 is 3.00 bits per heavy atom. The molecule has 11 heavy (non-hydrogen) atoms. The van der Waals surface area contributed by atoms with Gasteiger partial charge in [-0.25, -0.2) is 4.99 Å². The lowest BCUT2D eigenvalue weighted by Gasteiger charge is -2.28. The lowest BCUT2D eigenvalue weighted by atomic mass is 10.4. The van der Waals surface area contributed by atoms with Gasteiger partial charge in [0, 0.05) is 19.8 Å². The van der Waals surface area contributed by atoms with Gasteiger partial charge in [0.1, 0.15) is 6.23 Å².